The monoisotopic (exact) mass is 299 g/mol. The lowest BCUT2D eigenvalue weighted by molar-refractivity contribution is 0.318. The highest BCUT2D eigenvalue weighted by molar-refractivity contribution is 7.99. The number of para-hydroxylation sites is 1. The second kappa shape index (κ2) is 8.23. The molecule has 0 saturated carbocycles. The SMILES string of the molecule is COc1ccccc1SCCCOc1cccc(C#N)c1. The Hall–Kier alpha value is -2.12. The fraction of sp³-hybridized carbons (Fsp3) is 0.235. The lowest BCUT2D eigenvalue weighted by atomic mass is 10.2. The van der Waals surface area contributed by atoms with Gasteiger partial charge in [-0.3, -0.25) is 0 Å². The van der Waals surface area contributed by atoms with Crippen molar-refractivity contribution in [2.24, 2.45) is 0 Å². The summed E-state index contributed by atoms with van der Waals surface area (Å²) in [6, 6.07) is 17.3. The summed E-state index contributed by atoms with van der Waals surface area (Å²) < 4.78 is 11.0. The predicted molar refractivity (Wildman–Crippen MR) is 85.0 cm³/mol. The van der Waals surface area contributed by atoms with Gasteiger partial charge in [-0.15, -0.1) is 11.8 Å². The Bertz CT molecular complexity index is 622. The Morgan fingerprint density at radius 2 is 2.00 bits per heavy atom. The molecule has 0 aliphatic heterocycles. The zero-order valence-corrected chi connectivity index (χ0v) is 12.7. The molecule has 0 fully saturated rings. The first-order valence-corrected chi connectivity index (χ1v) is 7.71. The number of nitrogens with zero attached hydrogens (tertiary/aromatic N) is 1. The van der Waals surface area contributed by atoms with E-state index < -0.39 is 0 Å². The van der Waals surface area contributed by atoms with E-state index in [1.54, 1.807) is 31.0 Å². The first-order chi connectivity index (χ1) is 10.3. The van der Waals surface area contributed by atoms with Crippen LogP contribution in [0.15, 0.2) is 53.4 Å². The summed E-state index contributed by atoms with van der Waals surface area (Å²) in [6.07, 6.45) is 0.930. The molecule has 0 heterocycles. The van der Waals surface area contributed by atoms with E-state index in [4.69, 9.17) is 14.7 Å². The molecule has 0 unspecified atom stereocenters. The number of nitriles is 1. The van der Waals surface area contributed by atoms with E-state index in [-0.39, 0.29) is 0 Å². The summed E-state index contributed by atoms with van der Waals surface area (Å²) in [5.41, 5.74) is 0.621. The molecule has 0 atom stereocenters. The standard InChI is InChI=1S/C17H17NO2S/c1-19-16-8-2-3-9-17(16)21-11-5-10-20-15-7-4-6-14(12-15)13-18/h2-4,6-9,12H,5,10-11H2,1H3. The van der Waals surface area contributed by atoms with Gasteiger partial charge in [0.25, 0.3) is 0 Å². The molecule has 21 heavy (non-hydrogen) atoms. The molecular formula is C17H17NO2S. The predicted octanol–water partition coefficient (Wildman–Crippen LogP) is 4.13. The Morgan fingerprint density at radius 1 is 1.14 bits per heavy atom. The Kier molecular flexibility index (Phi) is 5.99. The number of thioether (sulfide) groups is 1. The number of rotatable bonds is 7. The van der Waals surface area contributed by atoms with E-state index in [1.807, 2.05) is 30.3 Å². The van der Waals surface area contributed by atoms with E-state index in [1.165, 1.54) is 0 Å². The number of methoxy groups -OCH3 is 1. The number of hydrogen-bond acceptors (Lipinski definition) is 4. The molecule has 108 valence electrons. The zero-order valence-electron chi connectivity index (χ0n) is 11.9. The minimum absolute atomic E-state index is 0.621. The lowest BCUT2D eigenvalue weighted by Gasteiger charge is -2.08. The Balaban J connectivity index is 1.74. The highest BCUT2D eigenvalue weighted by atomic mass is 32.2. The highest BCUT2D eigenvalue weighted by Crippen LogP contribution is 2.29. The topological polar surface area (TPSA) is 42.2 Å². The van der Waals surface area contributed by atoms with E-state index in [0.717, 1.165) is 28.6 Å². The summed E-state index contributed by atoms with van der Waals surface area (Å²) in [7, 11) is 1.69. The lowest BCUT2D eigenvalue weighted by Crippen LogP contribution is -1.99. The van der Waals surface area contributed by atoms with Gasteiger partial charge in [0, 0.05) is 10.6 Å². The van der Waals surface area contributed by atoms with Crippen molar-refractivity contribution in [1.82, 2.24) is 0 Å². The molecule has 2 aromatic rings. The molecule has 0 aliphatic carbocycles. The van der Waals surface area contributed by atoms with Crippen molar-refractivity contribution in [1.29, 1.82) is 5.26 Å². The molecule has 2 rings (SSSR count). The van der Waals surface area contributed by atoms with Crippen LogP contribution >= 0.6 is 11.8 Å². The molecule has 4 heteroatoms. The fourth-order valence-electron chi connectivity index (χ4n) is 1.82. The summed E-state index contributed by atoms with van der Waals surface area (Å²) in [5.74, 6) is 2.61. The molecule has 0 amide bonds. The Morgan fingerprint density at radius 3 is 2.81 bits per heavy atom. The molecule has 0 aromatic heterocycles. The van der Waals surface area contributed by atoms with Gasteiger partial charge >= 0.3 is 0 Å². The average molecular weight is 299 g/mol. The summed E-state index contributed by atoms with van der Waals surface area (Å²) in [5, 5.41) is 8.83. The van der Waals surface area contributed by atoms with Crippen LogP contribution in [0.25, 0.3) is 0 Å². The van der Waals surface area contributed by atoms with E-state index in [2.05, 4.69) is 12.1 Å². The minimum atomic E-state index is 0.621. The normalized spacial score (nSPS) is 9.90. The van der Waals surface area contributed by atoms with Crippen LogP contribution in [-0.4, -0.2) is 19.5 Å². The molecule has 0 aliphatic rings. The molecule has 0 N–H and O–H groups in total. The third-order valence-corrected chi connectivity index (χ3v) is 3.99. The molecule has 2 aromatic carbocycles. The van der Waals surface area contributed by atoms with Gasteiger partial charge in [0.2, 0.25) is 0 Å². The third-order valence-electron chi connectivity index (χ3n) is 2.85. The van der Waals surface area contributed by atoms with Crippen molar-refractivity contribution in [3.05, 3.63) is 54.1 Å². The van der Waals surface area contributed by atoms with Crippen molar-refractivity contribution in [2.75, 3.05) is 19.5 Å². The summed E-state index contributed by atoms with van der Waals surface area (Å²) in [4.78, 5) is 1.14. The molecular weight excluding hydrogens is 282 g/mol. The largest absolute Gasteiger partial charge is 0.496 e. The first-order valence-electron chi connectivity index (χ1n) is 6.72. The van der Waals surface area contributed by atoms with Crippen LogP contribution in [-0.2, 0) is 0 Å². The van der Waals surface area contributed by atoms with E-state index >= 15 is 0 Å². The van der Waals surface area contributed by atoms with Crippen LogP contribution in [0.3, 0.4) is 0 Å². The van der Waals surface area contributed by atoms with E-state index in [0.29, 0.717) is 12.2 Å². The zero-order chi connectivity index (χ0) is 14.9. The van der Waals surface area contributed by atoms with Gasteiger partial charge in [0.15, 0.2) is 0 Å². The van der Waals surface area contributed by atoms with Gasteiger partial charge in [0.05, 0.1) is 25.3 Å². The van der Waals surface area contributed by atoms with Crippen molar-refractivity contribution >= 4 is 11.8 Å². The van der Waals surface area contributed by atoms with Gasteiger partial charge in [-0.2, -0.15) is 5.26 Å². The molecule has 0 bridgehead atoms. The summed E-state index contributed by atoms with van der Waals surface area (Å²) in [6.45, 7) is 0.636. The number of ether oxygens (including phenoxy) is 2. The van der Waals surface area contributed by atoms with Gasteiger partial charge in [-0.05, 0) is 36.8 Å². The van der Waals surface area contributed by atoms with Gasteiger partial charge in [-0.25, -0.2) is 0 Å². The maximum absolute atomic E-state index is 8.83. The minimum Gasteiger partial charge on any atom is -0.496 e. The van der Waals surface area contributed by atoms with Crippen molar-refractivity contribution < 1.29 is 9.47 Å². The Labute approximate surface area is 129 Å². The van der Waals surface area contributed by atoms with Gasteiger partial charge in [-0.1, -0.05) is 18.2 Å². The average Bonchev–Trinajstić information content (AvgIpc) is 2.55. The van der Waals surface area contributed by atoms with Gasteiger partial charge < -0.3 is 9.47 Å². The van der Waals surface area contributed by atoms with Gasteiger partial charge in [0.1, 0.15) is 11.5 Å². The smallest absolute Gasteiger partial charge is 0.132 e. The summed E-state index contributed by atoms with van der Waals surface area (Å²) >= 11 is 1.76. The highest BCUT2D eigenvalue weighted by Gasteiger charge is 2.02. The first kappa shape index (κ1) is 15.3. The maximum atomic E-state index is 8.83. The van der Waals surface area contributed by atoms with E-state index in [9.17, 15) is 0 Å². The maximum Gasteiger partial charge on any atom is 0.132 e. The number of benzene rings is 2. The van der Waals surface area contributed by atoms with Crippen LogP contribution in [0.1, 0.15) is 12.0 Å². The second-order valence-corrected chi connectivity index (χ2v) is 5.48. The van der Waals surface area contributed by atoms with Crippen molar-refractivity contribution in [2.45, 2.75) is 11.3 Å². The van der Waals surface area contributed by atoms with Crippen molar-refractivity contribution in [3.8, 4) is 17.6 Å². The third kappa shape index (κ3) is 4.73. The molecule has 0 radical (unpaired) electrons. The number of hydrogen-bond donors (Lipinski definition) is 0. The molecule has 3 nitrogen and oxygen atoms in total. The van der Waals surface area contributed by atoms with Crippen LogP contribution in [0.2, 0.25) is 0 Å². The van der Waals surface area contributed by atoms with Crippen LogP contribution in [0.4, 0.5) is 0 Å². The van der Waals surface area contributed by atoms with Crippen molar-refractivity contribution in [3.63, 3.8) is 0 Å². The van der Waals surface area contributed by atoms with Crippen LogP contribution in [0.5, 0.6) is 11.5 Å². The quantitative estimate of drug-likeness (QED) is 0.569. The fourth-order valence-corrected chi connectivity index (χ4v) is 2.78. The molecule has 0 saturated heterocycles. The van der Waals surface area contributed by atoms with Crippen LogP contribution in [0, 0.1) is 11.3 Å². The van der Waals surface area contributed by atoms with Crippen LogP contribution < -0.4 is 9.47 Å². The molecule has 0 spiro atoms. The second-order valence-electron chi connectivity index (χ2n) is 4.34.